The lowest BCUT2D eigenvalue weighted by Gasteiger charge is -2.18. The number of nitrogens with zero attached hydrogens (tertiary/aromatic N) is 1. The molecule has 142 valence electrons. The summed E-state index contributed by atoms with van der Waals surface area (Å²) in [6.45, 7) is 4.93. The Balaban J connectivity index is 0.00000338. The van der Waals surface area contributed by atoms with E-state index in [-0.39, 0.29) is 42.3 Å². The fraction of sp³-hybridized carbons (Fsp3) is 0.316. The van der Waals surface area contributed by atoms with Crippen LogP contribution in [0.15, 0.2) is 70.6 Å². The number of benzene rings is 2. The molecule has 1 atom stereocenters. The molecule has 5 nitrogen and oxygen atoms in total. The second kappa shape index (κ2) is 11.2. The molecule has 0 aliphatic rings. The summed E-state index contributed by atoms with van der Waals surface area (Å²) in [5.74, 6) is 0.593. The first-order chi connectivity index (χ1) is 12.0. The zero-order valence-corrected chi connectivity index (χ0v) is 18.2. The van der Waals surface area contributed by atoms with Gasteiger partial charge in [0.25, 0.3) is 0 Å². The van der Waals surface area contributed by atoms with Crippen LogP contribution in [0.4, 0.5) is 0 Å². The molecule has 2 rings (SSSR count). The lowest BCUT2D eigenvalue weighted by Crippen LogP contribution is -2.39. The molecule has 0 aliphatic heterocycles. The van der Waals surface area contributed by atoms with Crippen LogP contribution in [0.5, 0.6) is 0 Å². The predicted octanol–water partition coefficient (Wildman–Crippen LogP) is 3.39. The standard InChI is InChI=1S/C19H25N3O2S.HI/c1-3-20-19(22-16(2)17-10-6-4-7-11-17)21-14-15-25(23,24)18-12-8-5-9-13-18;/h4-13,16H,3,14-15H2,1-2H3,(H2,20,21,22);1H. The van der Waals surface area contributed by atoms with Crippen LogP contribution in [0.2, 0.25) is 0 Å². The highest BCUT2D eigenvalue weighted by molar-refractivity contribution is 14.0. The molecule has 0 bridgehead atoms. The highest BCUT2D eigenvalue weighted by Gasteiger charge is 2.13. The lowest BCUT2D eigenvalue weighted by atomic mass is 10.1. The Morgan fingerprint density at radius 3 is 2.19 bits per heavy atom. The van der Waals surface area contributed by atoms with Gasteiger partial charge in [-0.2, -0.15) is 0 Å². The number of nitrogens with one attached hydrogen (secondary N) is 2. The molecule has 0 radical (unpaired) electrons. The Morgan fingerprint density at radius 2 is 1.62 bits per heavy atom. The van der Waals surface area contributed by atoms with Gasteiger partial charge in [0.15, 0.2) is 15.8 Å². The highest BCUT2D eigenvalue weighted by Crippen LogP contribution is 2.11. The van der Waals surface area contributed by atoms with Gasteiger partial charge < -0.3 is 10.6 Å². The van der Waals surface area contributed by atoms with Gasteiger partial charge >= 0.3 is 0 Å². The summed E-state index contributed by atoms with van der Waals surface area (Å²) in [7, 11) is -3.31. The van der Waals surface area contributed by atoms with E-state index in [9.17, 15) is 8.42 Å². The van der Waals surface area contributed by atoms with Gasteiger partial charge in [0.05, 0.1) is 23.2 Å². The smallest absolute Gasteiger partial charge is 0.191 e. The maximum absolute atomic E-state index is 12.3. The Labute approximate surface area is 173 Å². The van der Waals surface area contributed by atoms with Crippen molar-refractivity contribution in [3.05, 3.63) is 66.2 Å². The summed E-state index contributed by atoms with van der Waals surface area (Å²) in [4.78, 5) is 4.74. The third kappa shape index (κ3) is 6.95. The Hall–Kier alpha value is -1.61. The molecule has 26 heavy (non-hydrogen) atoms. The van der Waals surface area contributed by atoms with E-state index in [1.165, 1.54) is 0 Å². The molecule has 0 amide bonds. The van der Waals surface area contributed by atoms with E-state index in [0.717, 1.165) is 5.56 Å². The SMILES string of the molecule is CCNC(=NCCS(=O)(=O)c1ccccc1)NC(C)c1ccccc1.I. The molecule has 0 spiro atoms. The average molecular weight is 487 g/mol. The van der Waals surface area contributed by atoms with E-state index in [1.54, 1.807) is 30.3 Å². The molecule has 2 N–H and O–H groups in total. The summed E-state index contributed by atoms with van der Waals surface area (Å²) in [6.07, 6.45) is 0. The minimum Gasteiger partial charge on any atom is -0.357 e. The Bertz CT molecular complexity index is 781. The first-order valence-electron chi connectivity index (χ1n) is 8.40. The molecule has 0 saturated heterocycles. The Kier molecular flexibility index (Phi) is 9.64. The molecule has 0 fully saturated rings. The summed E-state index contributed by atoms with van der Waals surface area (Å²) >= 11 is 0. The van der Waals surface area contributed by atoms with Crippen molar-refractivity contribution >= 4 is 39.8 Å². The second-order valence-electron chi connectivity index (χ2n) is 5.67. The van der Waals surface area contributed by atoms with Crippen LogP contribution in [0.3, 0.4) is 0 Å². The van der Waals surface area contributed by atoms with Crippen LogP contribution in [-0.4, -0.2) is 33.2 Å². The number of rotatable bonds is 7. The fourth-order valence-electron chi connectivity index (χ4n) is 2.37. The topological polar surface area (TPSA) is 70.6 Å². The molecule has 0 saturated carbocycles. The number of guanidine groups is 1. The van der Waals surface area contributed by atoms with Crippen molar-refractivity contribution in [2.45, 2.75) is 24.8 Å². The van der Waals surface area contributed by atoms with Gasteiger partial charge in [0.1, 0.15) is 0 Å². The monoisotopic (exact) mass is 487 g/mol. The molecule has 0 aromatic heterocycles. The Morgan fingerprint density at radius 1 is 1.04 bits per heavy atom. The number of sulfone groups is 1. The van der Waals surface area contributed by atoms with Crippen LogP contribution in [0.1, 0.15) is 25.5 Å². The van der Waals surface area contributed by atoms with E-state index < -0.39 is 9.84 Å². The minimum absolute atomic E-state index is 0. The zero-order chi connectivity index (χ0) is 18.1. The average Bonchev–Trinajstić information content (AvgIpc) is 2.63. The van der Waals surface area contributed by atoms with Gasteiger partial charge in [-0.05, 0) is 31.5 Å². The van der Waals surface area contributed by atoms with Crippen molar-refractivity contribution < 1.29 is 8.42 Å². The first-order valence-corrected chi connectivity index (χ1v) is 10.1. The fourth-order valence-corrected chi connectivity index (χ4v) is 3.51. The van der Waals surface area contributed by atoms with Crippen LogP contribution in [0.25, 0.3) is 0 Å². The molecule has 7 heteroatoms. The number of hydrogen-bond acceptors (Lipinski definition) is 3. The van der Waals surface area contributed by atoms with E-state index >= 15 is 0 Å². The van der Waals surface area contributed by atoms with Crippen molar-refractivity contribution in [3.8, 4) is 0 Å². The third-order valence-corrected chi connectivity index (χ3v) is 5.44. The normalized spacial score (nSPS) is 12.8. The van der Waals surface area contributed by atoms with Gasteiger partial charge in [0, 0.05) is 6.54 Å². The van der Waals surface area contributed by atoms with Crippen molar-refractivity contribution in [1.82, 2.24) is 10.6 Å². The van der Waals surface area contributed by atoms with E-state index in [4.69, 9.17) is 0 Å². The van der Waals surface area contributed by atoms with Crippen molar-refractivity contribution in [1.29, 1.82) is 0 Å². The summed E-state index contributed by atoms with van der Waals surface area (Å²) < 4.78 is 24.6. The van der Waals surface area contributed by atoms with Gasteiger partial charge in [-0.25, -0.2) is 8.42 Å². The van der Waals surface area contributed by atoms with E-state index in [0.29, 0.717) is 17.4 Å². The van der Waals surface area contributed by atoms with Crippen molar-refractivity contribution in [2.24, 2.45) is 4.99 Å². The second-order valence-corrected chi connectivity index (χ2v) is 7.78. The number of hydrogen-bond donors (Lipinski definition) is 2. The summed E-state index contributed by atoms with van der Waals surface area (Å²) in [5.41, 5.74) is 1.14. The lowest BCUT2D eigenvalue weighted by molar-refractivity contribution is 0.595. The predicted molar refractivity (Wildman–Crippen MR) is 118 cm³/mol. The first kappa shape index (κ1) is 22.4. The molecule has 2 aromatic carbocycles. The molecule has 2 aromatic rings. The van der Waals surface area contributed by atoms with Gasteiger partial charge in [-0.1, -0.05) is 48.5 Å². The molecule has 0 heterocycles. The molecule has 1 unspecified atom stereocenters. The maximum atomic E-state index is 12.3. The summed E-state index contributed by atoms with van der Waals surface area (Å²) in [6, 6.07) is 18.6. The minimum atomic E-state index is -3.31. The molecular formula is C19H26IN3O2S. The summed E-state index contributed by atoms with van der Waals surface area (Å²) in [5, 5.41) is 6.46. The van der Waals surface area contributed by atoms with Crippen LogP contribution < -0.4 is 10.6 Å². The maximum Gasteiger partial charge on any atom is 0.191 e. The quantitative estimate of drug-likeness (QED) is 0.357. The van der Waals surface area contributed by atoms with Crippen molar-refractivity contribution in [3.63, 3.8) is 0 Å². The number of aliphatic imine (C=N–C) groups is 1. The molecular weight excluding hydrogens is 461 g/mol. The van der Waals surface area contributed by atoms with Gasteiger partial charge in [0.2, 0.25) is 0 Å². The number of halogens is 1. The van der Waals surface area contributed by atoms with Crippen LogP contribution >= 0.6 is 24.0 Å². The van der Waals surface area contributed by atoms with Crippen LogP contribution in [0, 0.1) is 0 Å². The van der Waals surface area contributed by atoms with E-state index in [2.05, 4.69) is 15.6 Å². The van der Waals surface area contributed by atoms with Gasteiger partial charge in [-0.3, -0.25) is 4.99 Å². The van der Waals surface area contributed by atoms with Crippen LogP contribution in [-0.2, 0) is 9.84 Å². The molecule has 0 aliphatic carbocycles. The van der Waals surface area contributed by atoms with E-state index in [1.807, 2.05) is 44.2 Å². The zero-order valence-electron chi connectivity index (χ0n) is 15.1. The van der Waals surface area contributed by atoms with Crippen molar-refractivity contribution in [2.75, 3.05) is 18.8 Å². The van der Waals surface area contributed by atoms with Gasteiger partial charge in [-0.15, -0.1) is 24.0 Å². The third-order valence-electron chi connectivity index (χ3n) is 3.73. The highest BCUT2D eigenvalue weighted by atomic mass is 127. The largest absolute Gasteiger partial charge is 0.357 e.